The zero-order valence-corrected chi connectivity index (χ0v) is 18.3. The molecule has 0 bridgehead atoms. The van der Waals surface area contributed by atoms with Crippen molar-refractivity contribution < 1.29 is 0 Å². The highest BCUT2D eigenvalue weighted by atomic mass is 35.5. The van der Waals surface area contributed by atoms with Gasteiger partial charge in [0.1, 0.15) is 5.84 Å². The SMILES string of the molecule is C=C\C=C(C)/C(/C=C\C)=C\C.CCCCc1c(P)cc(C(=N)N)cc1Cl. The molecule has 4 heteroatoms. The second-order valence-electron chi connectivity index (χ2n) is 5.87. The highest BCUT2D eigenvalue weighted by Gasteiger charge is 2.07. The molecule has 0 radical (unpaired) electrons. The normalized spacial score (nSPS) is 11.9. The van der Waals surface area contributed by atoms with E-state index in [1.54, 1.807) is 6.07 Å². The lowest BCUT2D eigenvalue weighted by atomic mass is 10.1. The number of benzene rings is 1. The number of hydrogen-bond acceptors (Lipinski definition) is 1. The minimum atomic E-state index is 0.0580. The molecule has 0 aliphatic heterocycles. The molecule has 3 N–H and O–H groups in total. The van der Waals surface area contributed by atoms with Gasteiger partial charge in [-0.15, -0.1) is 9.24 Å². The van der Waals surface area contributed by atoms with E-state index in [2.05, 4.69) is 41.8 Å². The van der Waals surface area contributed by atoms with E-state index in [1.165, 1.54) is 11.1 Å². The topological polar surface area (TPSA) is 49.9 Å². The van der Waals surface area contributed by atoms with E-state index in [0.29, 0.717) is 10.6 Å². The van der Waals surface area contributed by atoms with Crippen LogP contribution >= 0.6 is 20.8 Å². The molecule has 1 aromatic rings. The van der Waals surface area contributed by atoms with Gasteiger partial charge in [0.05, 0.1) is 0 Å². The summed E-state index contributed by atoms with van der Waals surface area (Å²) in [5.41, 5.74) is 9.76. The van der Waals surface area contributed by atoms with Crippen LogP contribution in [0.25, 0.3) is 0 Å². The van der Waals surface area contributed by atoms with Crippen LogP contribution in [0.5, 0.6) is 0 Å². The number of nitrogens with two attached hydrogens (primary N) is 1. The van der Waals surface area contributed by atoms with Crippen LogP contribution in [0.1, 0.15) is 51.7 Å². The van der Waals surface area contributed by atoms with E-state index in [-0.39, 0.29) is 5.84 Å². The molecule has 0 aliphatic carbocycles. The van der Waals surface area contributed by atoms with Crippen LogP contribution in [0.4, 0.5) is 0 Å². The van der Waals surface area contributed by atoms with Gasteiger partial charge in [0.2, 0.25) is 0 Å². The Balaban J connectivity index is 0.000000508. The first kappa shape index (κ1) is 24.4. The van der Waals surface area contributed by atoms with E-state index in [0.717, 1.165) is 30.1 Å². The largest absolute Gasteiger partial charge is 0.384 e. The molecule has 1 atom stereocenters. The maximum Gasteiger partial charge on any atom is 0.122 e. The number of unbranched alkanes of at least 4 members (excludes halogenated alkanes) is 1. The Kier molecular flexibility index (Phi) is 12.7. The van der Waals surface area contributed by atoms with Gasteiger partial charge in [0, 0.05) is 10.6 Å². The maximum atomic E-state index is 7.35. The van der Waals surface area contributed by atoms with E-state index >= 15 is 0 Å². The molecule has 0 saturated heterocycles. The Morgan fingerprint density at radius 1 is 1.35 bits per heavy atom. The lowest BCUT2D eigenvalue weighted by Crippen LogP contribution is -2.15. The van der Waals surface area contributed by atoms with Crippen molar-refractivity contribution in [2.45, 2.75) is 47.0 Å². The number of nitrogen functional groups attached to an aromatic ring is 1. The summed E-state index contributed by atoms with van der Waals surface area (Å²) < 4.78 is 0. The van der Waals surface area contributed by atoms with E-state index in [9.17, 15) is 0 Å². The molecule has 0 saturated carbocycles. The standard InChI is InChI=1S/C11H16ClN2P.C11H16/c1-2-3-4-8-9(12)5-7(11(13)14)6-10(8)15;1-5-8-10(4)11(7-3)9-6-2/h5-6H,2-4,15H2,1H3,(H3,13,14);5-9H,1H2,2-4H3/b;9-6-,10-8-,11-7-. The summed E-state index contributed by atoms with van der Waals surface area (Å²) in [5, 5.41) is 9.10. The van der Waals surface area contributed by atoms with Gasteiger partial charge in [-0.2, -0.15) is 0 Å². The average molecular weight is 391 g/mol. The quantitative estimate of drug-likeness (QED) is 0.251. The Hall–Kier alpha value is -1.63. The summed E-state index contributed by atoms with van der Waals surface area (Å²) in [6.07, 6.45) is 13.3. The van der Waals surface area contributed by atoms with Crippen molar-refractivity contribution in [2.24, 2.45) is 5.73 Å². The molecule has 0 amide bonds. The van der Waals surface area contributed by atoms with Gasteiger partial charge in [-0.25, -0.2) is 0 Å². The number of hydrogen-bond donors (Lipinski definition) is 2. The Morgan fingerprint density at radius 2 is 2.00 bits per heavy atom. The zero-order chi connectivity index (χ0) is 20.1. The first-order valence-electron chi connectivity index (χ1n) is 8.83. The first-order chi connectivity index (χ1) is 12.3. The summed E-state index contributed by atoms with van der Waals surface area (Å²) in [7, 11) is 2.66. The molecule has 1 aromatic carbocycles. The van der Waals surface area contributed by atoms with Gasteiger partial charge >= 0.3 is 0 Å². The van der Waals surface area contributed by atoms with Crippen molar-refractivity contribution in [3.05, 3.63) is 76.4 Å². The van der Waals surface area contributed by atoms with Gasteiger partial charge in [-0.05, 0) is 67.8 Å². The summed E-state index contributed by atoms with van der Waals surface area (Å²) in [5.74, 6) is 0.0580. The van der Waals surface area contributed by atoms with Crippen LogP contribution < -0.4 is 11.0 Å². The monoisotopic (exact) mass is 390 g/mol. The van der Waals surface area contributed by atoms with Gasteiger partial charge in [-0.3, -0.25) is 5.41 Å². The third-order valence-electron chi connectivity index (χ3n) is 3.80. The van der Waals surface area contributed by atoms with Crippen LogP contribution in [-0.4, -0.2) is 5.84 Å². The molecule has 2 nitrogen and oxygen atoms in total. The molecular weight excluding hydrogens is 359 g/mol. The van der Waals surface area contributed by atoms with Gasteiger partial charge < -0.3 is 5.73 Å². The molecule has 0 aromatic heterocycles. The molecule has 1 unspecified atom stereocenters. The predicted molar refractivity (Wildman–Crippen MR) is 123 cm³/mol. The minimum Gasteiger partial charge on any atom is -0.384 e. The lowest BCUT2D eigenvalue weighted by molar-refractivity contribution is 0.798. The van der Waals surface area contributed by atoms with Gasteiger partial charge in [0.15, 0.2) is 0 Å². The van der Waals surface area contributed by atoms with Crippen LogP contribution in [-0.2, 0) is 6.42 Å². The molecule has 1 rings (SSSR count). The van der Waals surface area contributed by atoms with Crippen molar-refractivity contribution in [2.75, 3.05) is 0 Å². The fraction of sp³-hybridized carbons (Fsp3) is 0.318. The molecule has 0 spiro atoms. The molecular formula is C22H32ClN2P. The third-order valence-corrected chi connectivity index (χ3v) is 4.65. The van der Waals surface area contributed by atoms with Crippen LogP contribution in [0.2, 0.25) is 5.02 Å². The fourth-order valence-electron chi connectivity index (χ4n) is 2.34. The number of rotatable bonds is 7. The smallest absolute Gasteiger partial charge is 0.122 e. The van der Waals surface area contributed by atoms with Crippen LogP contribution in [0.3, 0.4) is 0 Å². The molecule has 0 fully saturated rings. The minimum absolute atomic E-state index is 0.0580. The van der Waals surface area contributed by atoms with Crippen LogP contribution in [0, 0.1) is 5.41 Å². The van der Waals surface area contributed by atoms with Crippen molar-refractivity contribution in [3.63, 3.8) is 0 Å². The number of nitrogens with one attached hydrogen (secondary N) is 1. The second kappa shape index (κ2) is 13.6. The first-order valence-corrected chi connectivity index (χ1v) is 9.78. The van der Waals surface area contributed by atoms with Crippen molar-refractivity contribution in [1.82, 2.24) is 0 Å². The highest BCUT2D eigenvalue weighted by molar-refractivity contribution is 7.27. The zero-order valence-electron chi connectivity index (χ0n) is 16.4. The highest BCUT2D eigenvalue weighted by Crippen LogP contribution is 2.20. The van der Waals surface area contributed by atoms with Crippen molar-refractivity contribution in [1.29, 1.82) is 5.41 Å². The molecule has 142 valence electrons. The molecule has 0 heterocycles. The summed E-state index contributed by atoms with van der Waals surface area (Å²) >= 11 is 6.15. The van der Waals surface area contributed by atoms with Crippen LogP contribution in [0.15, 0.2) is 60.2 Å². The summed E-state index contributed by atoms with van der Waals surface area (Å²) in [6, 6.07) is 3.66. The Labute approximate surface area is 166 Å². The predicted octanol–water partition coefficient (Wildman–Crippen LogP) is 6.11. The number of amidine groups is 1. The van der Waals surface area contributed by atoms with E-state index in [4.69, 9.17) is 22.7 Å². The fourth-order valence-corrected chi connectivity index (χ4v) is 3.23. The van der Waals surface area contributed by atoms with Crippen molar-refractivity contribution in [3.8, 4) is 0 Å². The van der Waals surface area contributed by atoms with Crippen molar-refractivity contribution >= 4 is 32.0 Å². The third kappa shape index (κ3) is 8.65. The van der Waals surface area contributed by atoms with E-state index < -0.39 is 0 Å². The molecule has 0 aliphatic rings. The number of halogens is 1. The maximum absolute atomic E-state index is 7.35. The summed E-state index contributed by atoms with van der Waals surface area (Å²) in [4.78, 5) is 0. The number of allylic oxidation sites excluding steroid dienone is 7. The Bertz CT molecular complexity index is 677. The van der Waals surface area contributed by atoms with Gasteiger partial charge in [-0.1, -0.05) is 61.9 Å². The Morgan fingerprint density at radius 3 is 2.42 bits per heavy atom. The van der Waals surface area contributed by atoms with E-state index in [1.807, 2.05) is 38.1 Å². The molecule has 26 heavy (non-hydrogen) atoms. The van der Waals surface area contributed by atoms with Gasteiger partial charge in [0.25, 0.3) is 0 Å². The lowest BCUT2D eigenvalue weighted by Gasteiger charge is -2.10. The summed E-state index contributed by atoms with van der Waals surface area (Å²) in [6.45, 7) is 11.9. The second-order valence-corrected chi connectivity index (χ2v) is 6.90. The average Bonchev–Trinajstić information content (AvgIpc) is 2.59.